The van der Waals surface area contributed by atoms with Crippen molar-refractivity contribution in [2.45, 2.75) is 16.1 Å². The number of hydrogen-bond acceptors (Lipinski definition) is 3. The molecule has 2 aliphatic carbocycles. The van der Waals surface area contributed by atoms with Crippen molar-refractivity contribution in [2.75, 3.05) is 4.90 Å². The summed E-state index contributed by atoms with van der Waals surface area (Å²) in [5.74, 6) is -0.00642. The average molecular weight is 415 g/mol. The Labute approximate surface area is 138 Å². The molecule has 21 heavy (non-hydrogen) atoms. The minimum atomic E-state index is -0.200. The van der Waals surface area contributed by atoms with Crippen molar-refractivity contribution < 1.29 is 14.7 Å². The van der Waals surface area contributed by atoms with Crippen molar-refractivity contribution in [2.24, 2.45) is 23.7 Å². The molecule has 1 N–H and O–H groups in total. The van der Waals surface area contributed by atoms with E-state index in [0.717, 1.165) is 6.42 Å². The second kappa shape index (κ2) is 4.56. The van der Waals surface area contributed by atoms with Crippen LogP contribution in [0.15, 0.2) is 24.3 Å². The second-order valence-electron chi connectivity index (χ2n) is 6.03. The lowest BCUT2D eigenvalue weighted by Crippen LogP contribution is -2.37. The summed E-state index contributed by atoms with van der Waals surface area (Å²) in [6.07, 6.45) is 0.933. The fraction of sp³-hybridized carbons (Fsp3) is 0.467. The molecule has 1 aromatic rings. The summed E-state index contributed by atoms with van der Waals surface area (Å²) in [5, 5.41) is 9.36. The first-order valence-corrected chi connectivity index (χ1v) is 8.79. The third kappa shape index (κ3) is 1.72. The molecule has 6 heteroatoms. The maximum atomic E-state index is 12.7. The number of imide groups is 1. The van der Waals surface area contributed by atoms with Crippen LogP contribution in [0.25, 0.3) is 0 Å². The van der Waals surface area contributed by atoms with Gasteiger partial charge in [-0.25, -0.2) is 0 Å². The van der Waals surface area contributed by atoms with Gasteiger partial charge in [-0.3, -0.25) is 14.5 Å². The number of rotatable bonds is 1. The molecule has 0 aromatic heterocycles. The molecule has 6 atom stereocenters. The summed E-state index contributed by atoms with van der Waals surface area (Å²) in [6, 6.07) is 6.23. The Hall–Kier alpha value is -0.880. The van der Waals surface area contributed by atoms with Crippen LogP contribution in [0.5, 0.6) is 5.75 Å². The Balaban J connectivity index is 1.73. The number of anilines is 1. The highest BCUT2D eigenvalue weighted by Gasteiger charge is 2.66. The van der Waals surface area contributed by atoms with Crippen LogP contribution >= 0.6 is 31.9 Å². The Morgan fingerprint density at radius 2 is 1.43 bits per heavy atom. The molecule has 0 radical (unpaired) electrons. The molecule has 2 amide bonds. The van der Waals surface area contributed by atoms with Gasteiger partial charge in [-0.1, -0.05) is 31.9 Å². The van der Waals surface area contributed by atoms with Crippen molar-refractivity contribution >= 4 is 49.4 Å². The summed E-state index contributed by atoms with van der Waals surface area (Å²) in [4.78, 5) is 27.3. The molecule has 2 bridgehead atoms. The van der Waals surface area contributed by atoms with Gasteiger partial charge < -0.3 is 5.11 Å². The van der Waals surface area contributed by atoms with Gasteiger partial charge in [0.1, 0.15) is 5.75 Å². The number of carbonyl (C=O) groups excluding carboxylic acids is 2. The Morgan fingerprint density at radius 3 is 1.90 bits per heavy atom. The van der Waals surface area contributed by atoms with Gasteiger partial charge in [0.05, 0.1) is 17.5 Å². The van der Waals surface area contributed by atoms with Crippen molar-refractivity contribution in [3.05, 3.63) is 24.3 Å². The molecule has 1 heterocycles. The molecule has 4 nitrogen and oxygen atoms in total. The smallest absolute Gasteiger partial charge is 0.238 e. The number of aromatic hydroxyl groups is 1. The van der Waals surface area contributed by atoms with Crippen LogP contribution in [0.4, 0.5) is 5.69 Å². The Bertz CT molecular complexity index is 600. The molecule has 1 aromatic carbocycles. The van der Waals surface area contributed by atoms with Crippen LogP contribution < -0.4 is 4.90 Å². The SMILES string of the molecule is O=C1[C@@H]2[C@H]3C[C@@H]([C@@H](Br)[C@H]3Br)[C@H]2C(=O)N1c1ccc(O)cc1. The number of amides is 2. The van der Waals surface area contributed by atoms with Crippen molar-refractivity contribution in [1.29, 1.82) is 0 Å². The molecule has 1 aliphatic heterocycles. The molecule has 3 aliphatic rings. The van der Waals surface area contributed by atoms with E-state index in [2.05, 4.69) is 31.9 Å². The molecule has 3 fully saturated rings. The van der Waals surface area contributed by atoms with Crippen LogP contribution in [0, 0.1) is 23.7 Å². The van der Waals surface area contributed by atoms with E-state index in [1.165, 1.54) is 17.0 Å². The van der Waals surface area contributed by atoms with Gasteiger partial charge in [-0.05, 0) is 42.5 Å². The van der Waals surface area contributed by atoms with Gasteiger partial charge >= 0.3 is 0 Å². The molecule has 1 saturated heterocycles. The molecule has 2 saturated carbocycles. The quantitative estimate of drug-likeness (QED) is 0.567. The van der Waals surface area contributed by atoms with E-state index in [0.29, 0.717) is 5.69 Å². The molecule has 4 rings (SSSR count). The first kappa shape index (κ1) is 13.8. The predicted octanol–water partition coefficient (Wildman–Crippen LogP) is 2.67. The number of benzene rings is 1. The fourth-order valence-electron chi connectivity index (χ4n) is 4.20. The fourth-order valence-corrected chi connectivity index (χ4v) is 6.08. The van der Waals surface area contributed by atoms with Crippen LogP contribution in [-0.4, -0.2) is 26.6 Å². The van der Waals surface area contributed by atoms with Gasteiger partial charge in [0.25, 0.3) is 0 Å². The summed E-state index contributed by atoms with van der Waals surface area (Å²) in [7, 11) is 0. The van der Waals surface area contributed by atoms with E-state index in [9.17, 15) is 14.7 Å². The maximum Gasteiger partial charge on any atom is 0.238 e. The number of phenolic OH excluding ortho intramolecular Hbond substituents is 1. The monoisotopic (exact) mass is 413 g/mol. The van der Waals surface area contributed by atoms with E-state index >= 15 is 0 Å². The highest BCUT2D eigenvalue weighted by Crippen LogP contribution is 2.60. The van der Waals surface area contributed by atoms with E-state index in [-0.39, 0.29) is 50.9 Å². The van der Waals surface area contributed by atoms with Crippen LogP contribution in [0.3, 0.4) is 0 Å². The first-order valence-electron chi connectivity index (χ1n) is 6.95. The van der Waals surface area contributed by atoms with Gasteiger partial charge in [0, 0.05) is 9.65 Å². The molecule has 110 valence electrons. The van der Waals surface area contributed by atoms with Crippen molar-refractivity contribution in [1.82, 2.24) is 0 Å². The second-order valence-corrected chi connectivity index (χ2v) is 8.15. The summed E-state index contributed by atoms with van der Waals surface area (Å²) in [6.45, 7) is 0. The summed E-state index contributed by atoms with van der Waals surface area (Å²) in [5.41, 5.74) is 0.550. The lowest BCUT2D eigenvalue weighted by molar-refractivity contribution is -0.123. The zero-order valence-corrected chi connectivity index (χ0v) is 14.1. The maximum absolute atomic E-state index is 12.7. The zero-order chi connectivity index (χ0) is 14.9. The number of phenols is 1. The molecule has 0 spiro atoms. The summed E-state index contributed by atoms with van der Waals surface area (Å²) >= 11 is 7.34. The van der Waals surface area contributed by atoms with Crippen LogP contribution in [0.1, 0.15) is 6.42 Å². The van der Waals surface area contributed by atoms with E-state index in [4.69, 9.17) is 0 Å². The number of hydrogen-bond donors (Lipinski definition) is 1. The average Bonchev–Trinajstić information content (AvgIpc) is 3.06. The van der Waals surface area contributed by atoms with Crippen LogP contribution in [-0.2, 0) is 9.59 Å². The van der Waals surface area contributed by atoms with E-state index in [1.807, 2.05) is 0 Å². The predicted molar refractivity (Wildman–Crippen MR) is 84.6 cm³/mol. The Morgan fingerprint density at radius 1 is 0.952 bits per heavy atom. The standard InChI is InChI=1S/C15H13Br2NO3/c16-12-8-5-9(13(12)17)11-10(8)14(20)18(15(11)21)6-1-3-7(19)4-2-6/h1-4,8-13,19H,5H2/t8-,9-,10-,11-,12-,13+/m1/s1. The molecular formula is C15H13Br2NO3. The number of halogens is 2. The highest BCUT2D eigenvalue weighted by atomic mass is 79.9. The van der Waals surface area contributed by atoms with Gasteiger partial charge in [-0.15, -0.1) is 0 Å². The topological polar surface area (TPSA) is 57.6 Å². The number of nitrogens with zero attached hydrogens (tertiary/aromatic N) is 1. The van der Waals surface area contributed by atoms with Crippen molar-refractivity contribution in [3.63, 3.8) is 0 Å². The van der Waals surface area contributed by atoms with Gasteiger partial charge in [0.2, 0.25) is 11.8 Å². The number of fused-ring (bicyclic) bond motifs is 5. The third-order valence-corrected chi connectivity index (χ3v) is 8.30. The van der Waals surface area contributed by atoms with E-state index < -0.39 is 0 Å². The zero-order valence-electron chi connectivity index (χ0n) is 10.9. The molecular weight excluding hydrogens is 402 g/mol. The lowest BCUT2D eigenvalue weighted by Gasteiger charge is -2.28. The van der Waals surface area contributed by atoms with Crippen molar-refractivity contribution in [3.8, 4) is 5.75 Å². The largest absolute Gasteiger partial charge is 0.508 e. The van der Waals surface area contributed by atoms with Crippen LogP contribution in [0.2, 0.25) is 0 Å². The van der Waals surface area contributed by atoms with Gasteiger partial charge in [0.15, 0.2) is 0 Å². The highest BCUT2D eigenvalue weighted by molar-refractivity contribution is 9.12. The lowest BCUT2D eigenvalue weighted by atomic mass is 9.81. The normalized spacial score (nSPS) is 41.0. The Kier molecular flexibility index (Phi) is 2.99. The number of carbonyl (C=O) groups is 2. The van der Waals surface area contributed by atoms with Gasteiger partial charge in [-0.2, -0.15) is 0 Å². The first-order chi connectivity index (χ1) is 10.0. The summed E-state index contributed by atoms with van der Waals surface area (Å²) < 4.78 is 0. The minimum absolute atomic E-state index is 0.0907. The number of alkyl halides is 2. The van der Waals surface area contributed by atoms with E-state index in [1.54, 1.807) is 12.1 Å². The molecule has 0 unspecified atom stereocenters. The third-order valence-electron chi connectivity index (χ3n) is 5.10. The minimum Gasteiger partial charge on any atom is -0.508 e.